The van der Waals surface area contributed by atoms with E-state index < -0.39 is 0 Å². The molecule has 0 N–H and O–H groups in total. The second-order valence-electron chi connectivity index (χ2n) is 4.76. The zero-order valence-electron chi connectivity index (χ0n) is 12.7. The SMILES string of the molecule is CCOC(=O)CCN(CC)C(=O)c1ccc(C)cc1C. The fourth-order valence-corrected chi connectivity index (χ4v) is 2.09. The van der Waals surface area contributed by atoms with Crippen LogP contribution in [0, 0.1) is 13.8 Å². The van der Waals surface area contributed by atoms with Gasteiger partial charge in [-0.3, -0.25) is 9.59 Å². The van der Waals surface area contributed by atoms with Crippen LogP contribution in [0.1, 0.15) is 41.8 Å². The molecular weight excluding hydrogens is 254 g/mol. The van der Waals surface area contributed by atoms with Crippen molar-refractivity contribution in [1.29, 1.82) is 0 Å². The number of ether oxygens (including phenoxy) is 1. The Morgan fingerprint density at radius 3 is 2.45 bits per heavy atom. The van der Waals surface area contributed by atoms with Crippen LogP contribution in [-0.2, 0) is 9.53 Å². The molecule has 1 amide bonds. The standard InChI is InChI=1S/C16H23NO3/c1-5-17(10-9-15(18)20-6-2)16(19)14-8-7-12(3)11-13(14)4/h7-8,11H,5-6,9-10H2,1-4H3. The quantitative estimate of drug-likeness (QED) is 0.751. The van der Waals surface area contributed by atoms with E-state index in [1.165, 1.54) is 0 Å². The lowest BCUT2D eigenvalue weighted by molar-refractivity contribution is -0.143. The van der Waals surface area contributed by atoms with Gasteiger partial charge in [0.1, 0.15) is 0 Å². The highest BCUT2D eigenvalue weighted by Gasteiger charge is 2.17. The minimum atomic E-state index is -0.264. The predicted molar refractivity (Wildman–Crippen MR) is 78.7 cm³/mol. The second kappa shape index (κ2) is 7.68. The maximum Gasteiger partial charge on any atom is 0.307 e. The van der Waals surface area contributed by atoms with Crippen molar-refractivity contribution in [3.63, 3.8) is 0 Å². The largest absolute Gasteiger partial charge is 0.466 e. The number of hydrogen-bond acceptors (Lipinski definition) is 3. The maximum atomic E-state index is 12.5. The highest BCUT2D eigenvalue weighted by molar-refractivity contribution is 5.95. The molecule has 1 aromatic rings. The first-order valence-corrected chi connectivity index (χ1v) is 7.01. The molecule has 1 aromatic carbocycles. The van der Waals surface area contributed by atoms with Crippen LogP contribution in [0.25, 0.3) is 0 Å². The van der Waals surface area contributed by atoms with Gasteiger partial charge in [-0.15, -0.1) is 0 Å². The van der Waals surface area contributed by atoms with Crippen molar-refractivity contribution in [3.05, 3.63) is 34.9 Å². The first-order valence-electron chi connectivity index (χ1n) is 7.01. The minimum Gasteiger partial charge on any atom is -0.466 e. The lowest BCUT2D eigenvalue weighted by Crippen LogP contribution is -2.33. The number of amides is 1. The van der Waals surface area contributed by atoms with Gasteiger partial charge in [0.25, 0.3) is 5.91 Å². The number of carbonyl (C=O) groups excluding carboxylic acids is 2. The zero-order valence-corrected chi connectivity index (χ0v) is 12.7. The topological polar surface area (TPSA) is 46.6 Å². The number of carbonyl (C=O) groups is 2. The molecule has 4 nitrogen and oxygen atoms in total. The molecular formula is C16H23NO3. The van der Waals surface area contributed by atoms with E-state index >= 15 is 0 Å². The fourth-order valence-electron chi connectivity index (χ4n) is 2.09. The number of esters is 1. The molecule has 0 aliphatic carbocycles. The summed E-state index contributed by atoms with van der Waals surface area (Å²) in [6.07, 6.45) is 0.234. The summed E-state index contributed by atoms with van der Waals surface area (Å²) in [4.78, 5) is 25.5. The molecule has 0 aliphatic heterocycles. The summed E-state index contributed by atoms with van der Waals surface area (Å²) in [5.41, 5.74) is 2.79. The van der Waals surface area contributed by atoms with E-state index in [0.29, 0.717) is 25.3 Å². The van der Waals surface area contributed by atoms with Crippen LogP contribution in [-0.4, -0.2) is 36.5 Å². The highest BCUT2D eigenvalue weighted by Crippen LogP contribution is 2.13. The molecule has 0 heterocycles. The van der Waals surface area contributed by atoms with Gasteiger partial charge >= 0.3 is 5.97 Å². The van der Waals surface area contributed by atoms with E-state index in [1.807, 2.05) is 39.0 Å². The van der Waals surface area contributed by atoms with Gasteiger partial charge in [0.15, 0.2) is 0 Å². The van der Waals surface area contributed by atoms with Gasteiger partial charge < -0.3 is 9.64 Å². The van der Waals surface area contributed by atoms with E-state index in [9.17, 15) is 9.59 Å². The fraction of sp³-hybridized carbons (Fsp3) is 0.500. The molecule has 1 rings (SSSR count). The second-order valence-corrected chi connectivity index (χ2v) is 4.76. The van der Waals surface area contributed by atoms with Crippen LogP contribution in [0.4, 0.5) is 0 Å². The van der Waals surface area contributed by atoms with E-state index in [0.717, 1.165) is 11.1 Å². The average Bonchev–Trinajstić information content (AvgIpc) is 2.39. The number of rotatable bonds is 6. The Morgan fingerprint density at radius 1 is 1.20 bits per heavy atom. The van der Waals surface area contributed by atoms with Gasteiger partial charge in [-0.2, -0.15) is 0 Å². The molecule has 0 spiro atoms. The van der Waals surface area contributed by atoms with E-state index in [2.05, 4.69) is 0 Å². The van der Waals surface area contributed by atoms with Gasteiger partial charge in [0.05, 0.1) is 13.0 Å². The highest BCUT2D eigenvalue weighted by atomic mass is 16.5. The lowest BCUT2D eigenvalue weighted by Gasteiger charge is -2.21. The van der Waals surface area contributed by atoms with Crippen LogP contribution < -0.4 is 0 Å². The first-order chi connectivity index (χ1) is 9.49. The van der Waals surface area contributed by atoms with Gasteiger partial charge in [-0.1, -0.05) is 17.7 Å². The number of aryl methyl sites for hydroxylation is 2. The average molecular weight is 277 g/mol. The van der Waals surface area contributed by atoms with Crippen molar-refractivity contribution in [2.75, 3.05) is 19.7 Å². The smallest absolute Gasteiger partial charge is 0.307 e. The van der Waals surface area contributed by atoms with Crippen molar-refractivity contribution in [1.82, 2.24) is 4.90 Å². The summed E-state index contributed by atoms with van der Waals surface area (Å²) in [6, 6.07) is 5.77. The summed E-state index contributed by atoms with van der Waals surface area (Å²) in [5, 5.41) is 0. The predicted octanol–water partition coefficient (Wildman–Crippen LogP) is 2.72. The maximum absolute atomic E-state index is 12.5. The third-order valence-corrected chi connectivity index (χ3v) is 3.17. The summed E-state index contributed by atoms with van der Waals surface area (Å²) in [7, 11) is 0. The molecule has 0 unspecified atom stereocenters. The monoisotopic (exact) mass is 277 g/mol. The van der Waals surface area contributed by atoms with Crippen molar-refractivity contribution in [2.24, 2.45) is 0 Å². The molecule has 0 aromatic heterocycles. The van der Waals surface area contributed by atoms with Crippen LogP contribution in [0.5, 0.6) is 0 Å². The minimum absolute atomic E-state index is 0.0331. The Morgan fingerprint density at radius 2 is 1.90 bits per heavy atom. The summed E-state index contributed by atoms with van der Waals surface area (Å²) < 4.78 is 4.88. The van der Waals surface area contributed by atoms with Crippen LogP contribution in [0.3, 0.4) is 0 Å². The first kappa shape index (κ1) is 16.2. The Balaban J connectivity index is 2.74. The van der Waals surface area contributed by atoms with Crippen LogP contribution in [0.2, 0.25) is 0 Å². The normalized spacial score (nSPS) is 10.2. The molecule has 0 saturated carbocycles. The molecule has 0 atom stereocenters. The van der Waals surface area contributed by atoms with Gasteiger partial charge in [-0.25, -0.2) is 0 Å². The Labute approximate surface area is 120 Å². The van der Waals surface area contributed by atoms with Gasteiger partial charge in [0, 0.05) is 18.7 Å². The summed E-state index contributed by atoms with van der Waals surface area (Å²) in [5.74, 6) is -0.298. The molecule has 4 heteroatoms. The lowest BCUT2D eigenvalue weighted by atomic mass is 10.0. The van der Waals surface area contributed by atoms with Gasteiger partial charge in [-0.05, 0) is 39.3 Å². The van der Waals surface area contributed by atoms with E-state index in [1.54, 1.807) is 11.8 Å². The summed E-state index contributed by atoms with van der Waals surface area (Å²) in [6.45, 7) is 8.95. The molecule has 0 radical (unpaired) electrons. The number of benzene rings is 1. The molecule has 0 aliphatic rings. The Hall–Kier alpha value is -1.84. The molecule has 110 valence electrons. The molecule has 0 fully saturated rings. The Bertz CT molecular complexity index is 483. The molecule has 0 bridgehead atoms. The third-order valence-electron chi connectivity index (χ3n) is 3.17. The number of nitrogens with zero attached hydrogens (tertiary/aromatic N) is 1. The van der Waals surface area contributed by atoms with Crippen molar-refractivity contribution >= 4 is 11.9 Å². The third kappa shape index (κ3) is 4.37. The van der Waals surface area contributed by atoms with E-state index in [-0.39, 0.29) is 18.3 Å². The molecule has 0 saturated heterocycles. The Kier molecular flexibility index (Phi) is 6.22. The zero-order chi connectivity index (χ0) is 15.1. The van der Waals surface area contributed by atoms with Gasteiger partial charge in [0.2, 0.25) is 0 Å². The number of hydrogen-bond donors (Lipinski definition) is 0. The van der Waals surface area contributed by atoms with Crippen LogP contribution >= 0.6 is 0 Å². The van der Waals surface area contributed by atoms with Crippen molar-refractivity contribution < 1.29 is 14.3 Å². The van der Waals surface area contributed by atoms with E-state index in [4.69, 9.17) is 4.74 Å². The van der Waals surface area contributed by atoms with Crippen LogP contribution in [0.15, 0.2) is 18.2 Å². The van der Waals surface area contributed by atoms with Crippen molar-refractivity contribution in [3.8, 4) is 0 Å². The van der Waals surface area contributed by atoms with Crippen molar-refractivity contribution in [2.45, 2.75) is 34.1 Å². The molecule has 20 heavy (non-hydrogen) atoms. The summed E-state index contributed by atoms with van der Waals surface area (Å²) >= 11 is 0.